The Bertz CT molecular complexity index is 288. The van der Waals surface area contributed by atoms with Crippen LogP contribution in [0.25, 0.3) is 0 Å². The zero-order valence-electron chi connectivity index (χ0n) is 9.99. The Morgan fingerprint density at radius 3 is 2.44 bits per heavy atom. The number of thioether (sulfide) groups is 1. The Kier molecular flexibility index (Phi) is 8.74. The molecule has 0 aliphatic heterocycles. The predicted octanol–water partition coefficient (Wildman–Crippen LogP) is 1.07. The Morgan fingerprint density at radius 1 is 1.19 bits per heavy atom. The minimum Gasteiger partial charge on any atom is -0.355 e. The van der Waals surface area contributed by atoms with E-state index in [-0.39, 0.29) is 17.4 Å². The minimum atomic E-state index is -2.85. The Balaban J connectivity index is 3.44. The third kappa shape index (κ3) is 9.03. The first-order valence-electron chi connectivity index (χ1n) is 5.56. The smallest absolute Gasteiger partial charge is 0.219 e. The lowest BCUT2D eigenvalue weighted by molar-refractivity contribution is -0.120. The van der Waals surface area contributed by atoms with Gasteiger partial charge in [-0.25, -0.2) is 8.42 Å². The minimum absolute atomic E-state index is 0.0409. The lowest BCUT2D eigenvalue weighted by Crippen LogP contribution is -2.24. The number of amides is 1. The van der Waals surface area contributed by atoms with Crippen LogP contribution in [0, 0.1) is 0 Å². The van der Waals surface area contributed by atoms with Crippen LogP contribution in [0.2, 0.25) is 0 Å². The van der Waals surface area contributed by atoms with Gasteiger partial charge in [0.25, 0.3) is 0 Å². The van der Waals surface area contributed by atoms with Crippen molar-refractivity contribution in [3.8, 4) is 0 Å². The van der Waals surface area contributed by atoms with Crippen molar-refractivity contribution >= 4 is 27.5 Å². The fraction of sp³-hybridized carbons (Fsp3) is 0.900. The molecule has 6 heteroatoms. The van der Waals surface area contributed by atoms with Gasteiger partial charge in [-0.15, -0.1) is 0 Å². The van der Waals surface area contributed by atoms with Crippen molar-refractivity contribution in [1.29, 1.82) is 0 Å². The fourth-order valence-electron chi connectivity index (χ4n) is 1.09. The van der Waals surface area contributed by atoms with Crippen LogP contribution in [-0.4, -0.2) is 43.9 Å². The summed E-state index contributed by atoms with van der Waals surface area (Å²) in [5.41, 5.74) is 0. The summed E-state index contributed by atoms with van der Waals surface area (Å²) in [6, 6.07) is 0. The first-order valence-corrected chi connectivity index (χ1v) is 8.54. The third-order valence-electron chi connectivity index (χ3n) is 1.94. The monoisotopic (exact) mass is 267 g/mol. The number of carbonyl (C=O) groups excluding carboxylic acids is 1. The molecule has 0 aliphatic rings. The zero-order valence-corrected chi connectivity index (χ0v) is 11.6. The maximum Gasteiger partial charge on any atom is 0.219 e. The molecule has 0 aromatic carbocycles. The summed E-state index contributed by atoms with van der Waals surface area (Å²) in [4.78, 5) is 10.9. The average molecular weight is 267 g/mol. The molecular formula is C10H21NO3S2. The Hall–Kier alpha value is -0.230. The number of hydrogen-bond donors (Lipinski definition) is 1. The van der Waals surface area contributed by atoms with Crippen LogP contribution >= 0.6 is 11.8 Å². The fourth-order valence-corrected chi connectivity index (χ4v) is 3.85. The van der Waals surface area contributed by atoms with Crippen LogP contribution in [0.3, 0.4) is 0 Å². The third-order valence-corrected chi connectivity index (χ3v) is 5.04. The van der Waals surface area contributed by atoms with Crippen molar-refractivity contribution in [2.45, 2.75) is 26.7 Å². The topological polar surface area (TPSA) is 63.2 Å². The van der Waals surface area contributed by atoms with E-state index in [4.69, 9.17) is 0 Å². The molecule has 0 atom stereocenters. The van der Waals surface area contributed by atoms with Crippen LogP contribution in [-0.2, 0) is 14.6 Å². The predicted molar refractivity (Wildman–Crippen MR) is 69.6 cm³/mol. The Labute approximate surface area is 102 Å². The molecule has 0 unspecified atom stereocenters. The van der Waals surface area contributed by atoms with Crippen molar-refractivity contribution in [2.24, 2.45) is 0 Å². The second-order valence-corrected chi connectivity index (χ2v) is 7.00. The molecule has 0 heterocycles. The Morgan fingerprint density at radius 2 is 1.88 bits per heavy atom. The van der Waals surface area contributed by atoms with Crippen molar-refractivity contribution in [1.82, 2.24) is 5.32 Å². The molecule has 4 nitrogen and oxygen atoms in total. The van der Waals surface area contributed by atoms with Gasteiger partial charge in [0, 0.05) is 30.2 Å². The van der Waals surface area contributed by atoms with E-state index < -0.39 is 9.84 Å². The summed E-state index contributed by atoms with van der Waals surface area (Å²) >= 11 is 1.56. The highest BCUT2D eigenvalue weighted by Gasteiger charge is 2.08. The highest BCUT2D eigenvalue weighted by atomic mass is 32.2. The second kappa shape index (κ2) is 8.87. The SMILES string of the molecule is CCCS(=O)(=O)CCSCCNC(=O)CC. The molecule has 0 fully saturated rings. The molecule has 0 saturated carbocycles. The highest BCUT2D eigenvalue weighted by Crippen LogP contribution is 2.02. The summed E-state index contributed by atoms with van der Waals surface area (Å²) in [6.07, 6.45) is 1.18. The first kappa shape index (κ1) is 15.8. The maximum absolute atomic E-state index is 11.3. The molecule has 0 aromatic rings. The van der Waals surface area contributed by atoms with Gasteiger partial charge in [-0.05, 0) is 6.42 Å². The van der Waals surface area contributed by atoms with Gasteiger partial charge in [0.2, 0.25) is 5.91 Å². The van der Waals surface area contributed by atoms with Crippen molar-refractivity contribution < 1.29 is 13.2 Å². The molecular weight excluding hydrogens is 246 g/mol. The molecule has 1 amide bonds. The molecule has 0 radical (unpaired) electrons. The van der Waals surface area contributed by atoms with Crippen LogP contribution in [0.5, 0.6) is 0 Å². The molecule has 0 spiro atoms. The summed E-state index contributed by atoms with van der Waals surface area (Å²) in [6.45, 7) is 4.29. The van der Waals surface area contributed by atoms with Gasteiger partial charge in [-0.1, -0.05) is 13.8 Å². The average Bonchev–Trinajstić information content (AvgIpc) is 2.22. The van der Waals surface area contributed by atoms with Gasteiger partial charge in [0.15, 0.2) is 9.84 Å². The van der Waals surface area contributed by atoms with Gasteiger partial charge < -0.3 is 5.32 Å². The quantitative estimate of drug-likeness (QED) is 0.635. The largest absolute Gasteiger partial charge is 0.355 e. The number of nitrogens with one attached hydrogen (secondary N) is 1. The number of rotatable bonds is 9. The molecule has 96 valence electrons. The van der Waals surface area contributed by atoms with E-state index in [2.05, 4.69) is 5.32 Å². The first-order chi connectivity index (χ1) is 7.52. The van der Waals surface area contributed by atoms with E-state index in [1.807, 2.05) is 6.92 Å². The summed E-state index contributed by atoms with van der Waals surface area (Å²) in [5, 5.41) is 2.75. The van der Waals surface area contributed by atoms with E-state index in [0.29, 0.717) is 25.1 Å². The van der Waals surface area contributed by atoms with Crippen LogP contribution < -0.4 is 5.32 Å². The second-order valence-electron chi connectivity index (χ2n) is 3.47. The maximum atomic E-state index is 11.3. The number of carbonyl (C=O) groups is 1. The molecule has 0 aromatic heterocycles. The van der Waals surface area contributed by atoms with Gasteiger partial charge in [-0.3, -0.25) is 4.79 Å². The van der Waals surface area contributed by atoms with E-state index in [1.54, 1.807) is 18.7 Å². The zero-order chi connectivity index (χ0) is 12.4. The van der Waals surface area contributed by atoms with Gasteiger partial charge >= 0.3 is 0 Å². The molecule has 0 rings (SSSR count). The lowest BCUT2D eigenvalue weighted by atomic mass is 10.4. The lowest BCUT2D eigenvalue weighted by Gasteiger charge is -2.04. The molecule has 16 heavy (non-hydrogen) atoms. The van der Waals surface area contributed by atoms with E-state index in [0.717, 1.165) is 5.75 Å². The van der Waals surface area contributed by atoms with Crippen molar-refractivity contribution in [3.05, 3.63) is 0 Å². The van der Waals surface area contributed by atoms with Crippen LogP contribution in [0.4, 0.5) is 0 Å². The summed E-state index contributed by atoms with van der Waals surface area (Å²) < 4.78 is 22.7. The van der Waals surface area contributed by atoms with Crippen molar-refractivity contribution in [2.75, 3.05) is 29.6 Å². The molecule has 1 N–H and O–H groups in total. The van der Waals surface area contributed by atoms with E-state index in [1.165, 1.54) is 0 Å². The normalized spacial score (nSPS) is 11.4. The van der Waals surface area contributed by atoms with Crippen LogP contribution in [0.1, 0.15) is 26.7 Å². The summed E-state index contributed by atoms with van der Waals surface area (Å²) in [5.74, 6) is 1.95. The van der Waals surface area contributed by atoms with Gasteiger partial charge in [-0.2, -0.15) is 11.8 Å². The molecule has 0 aliphatic carbocycles. The van der Waals surface area contributed by atoms with Gasteiger partial charge in [0.05, 0.1) is 5.75 Å². The van der Waals surface area contributed by atoms with E-state index in [9.17, 15) is 13.2 Å². The number of hydrogen-bond acceptors (Lipinski definition) is 4. The van der Waals surface area contributed by atoms with Gasteiger partial charge in [0.1, 0.15) is 0 Å². The standard InChI is InChI=1S/C10H21NO3S2/c1-3-8-16(13,14)9-7-15-6-5-11-10(12)4-2/h3-9H2,1-2H3,(H,11,12). The van der Waals surface area contributed by atoms with Crippen molar-refractivity contribution in [3.63, 3.8) is 0 Å². The molecule has 0 saturated heterocycles. The summed E-state index contributed by atoms with van der Waals surface area (Å²) in [7, 11) is -2.85. The molecule has 0 bridgehead atoms. The highest BCUT2D eigenvalue weighted by molar-refractivity contribution is 8.00. The number of sulfone groups is 1. The van der Waals surface area contributed by atoms with E-state index >= 15 is 0 Å². The van der Waals surface area contributed by atoms with Crippen LogP contribution in [0.15, 0.2) is 0 Å².